The van der Waals surface area contributed by atoms with Crippen molar-refractivity contribution in [1.29, 1.82) is 0 Å². The Kier molecular flexibility index (Phi) is 7.26. The molecule has 0 spiro atoms. The van der Waals surface area contributed by atoms with Gasteiger partial charge in [0.2, 0.25) is 0 Å². The maximum Gasteiger partial charge on any atom is 0.193 e. The zero-order chi connectivity index (χ0) is 38.7. The molecule has 1 aromatic heterocycles. The number of benzene rings is 8. The molecule has 276 valence electrons. The average molecular weight is 782 g/mol. The second kappa shape index (κ2) is 12.5. The normalized spacial score (nSPS) is 14.7. The van der Waals surface area contributed by atoms with Gasteiger partial charge in [-0.25, -0.2) is 0 Å². The van der Waals surface area contributed by atoms with E-state index in [-0.39, 0.29) is 11.2 Å². The van der Waals surface area contributed by atoms with Crippen molar-refractivity contribution in [2.75, 3.05) is 9.80 Å². The van der Waals surface area contributed by atoms with E-state index >= 15 is 0 Å². The van der Waals surface area contributed by atoms with Crippen molar-refractivity contribution < 1.29 is 4.79 Å². The first kappa shape index (κ1) is 33.6. The van der Waals surface area contributed by atoms with Crippen LogP contribution in [0.5, 0.6) is 0 Å². The first-order chi connectivity index (χ1) is 28.4. The van der Waals surface area contributed by atoms with Crippen molar-refractivity contribution in [3.8, 4) is 5.69 Å². The van der Waals surface area contributed by atoms with Gasteiger partial charge in [0.15, 0.2) is 5.78 Å². The SMILES string of the molecule is CC1(C)c2ccccc2C(=O)c2cc(-n3c4cc(N5c6ccccc6Sc6ccccc65)ccc4c4ccc(N5c6ccccc6Sc6ccccc65)cc43)ccc21. The molecule has 6 heteroatoms. The van der Waals surface area contributed by atoms with E-state index in [9.17, 15) is 4.79 Å². The molecule has 3 heterocycles. The highest BCUT2D eigenvalue weighted by Gasteiger charge is 2.37. The molecule has 9 aromatic rings. The van der Waals surface area contributed by atoms with Crippen molar-refractivity contribution in [3.63, 3.8) is 0 Å². The molecule has 58 heavy (non-hydrogen) atoms. The molecule has 0 amide bonds. The quantitative estimate of drug-likeness (QED) is 0.178. The van der Waals surface area contributed by atoms with Crippen LogP contribution >= 0.6 is 23.5 Å². The number of carbonyl (C=O) groups is 1. The number of fused-ring (bicyclic) bond motifs is 9. The van der Waals surface area contributed by atoms with E-state index in [1.807, 2.05) is 41.7 Å². The average Bonchev–Trinajstić information content (AvgIpc) is 3.59. The van der Waals surface area contributed by atoms with Gasteiger partial charge in [0, 0.05) is 64.0 Å². The summed E-state index contributed by atoms with van der Waals surface area (Å²) >= 11 is 3.63. The van der Waals surface area contributed by atoms with Gasteiger partial charge in [-0.3, -0.25) is 4.79 Å². The second-order valence-electron chi connectivity index (χ2n) is 15.7. The first-order valence-electron chi connectivity index (χ1n) is 19.6. The number of para-hydroxylation sites is 4. The summed E-state index contributed by atoms with van der Waals surface area (Å²) < 4.78 is 2.38. The Morgan fingerprint density at radius 1 is 0.414 bits per heavy atom. The lowest BCUT2D eigenvalue weighted by atomic mass is 9.68. The predicted molar refractivity (Wildman–Crippen MR) is 240 cm³/mol. The molecule has 0 bridgehead atoms. The molecule has 4 nitrogen and oxygen atoms in total. The highest BCUT2D eigenvalue weighted by atomic mass is 32.2. The standard InChI is InChI=1S/C52H35N3OS2/c1-52(2)39-14-4-3-13-37(39)51(56)38-29-32(25-28-40(38)52)55-45-30-33(53-41-15-5-9-19-47(41)57-48-20-10-6-16-42(48)53)23-26-35(45)36-27-24-34(31-46(36)55)54-43-17-7-11-21-49(43)58-50-22-12-8-18-44(50)54/h3-31H,1-2H3. The van der Waals surface area contributed by atoms with Crippen LogP contribution in [0.4, 0.5) is 34.1 Å². The number of hydrogen-bond donors (Lipinski definition) is 0. The minimum Gasteiger partial charge on any atom is -0.309 e. The van der Waals surface area contributed by atoms with E-state index in [1.54, 1.807) is 0 Å². The zero-order valence-electron chi connectivity index (χ0n) is 31.8. The third-order valence-corrected chi connectivity index (χ3v) is 14.4. The van der Waals surface area contributed by atoms with Crippen LogP contribution in [-0.4, -0.2) is 10.4 Å². The lowest BCUT2D eigenvalue weighted by Gasteiger charge is -2.34. The number of ketones is 1. The summed E-state index contributed by atoms with van der Waals surface area (Å²) in [6, 6.07) is 63.0. The fourth-order valence-electron chi connectivity index (χ4n) is 9.44. The van der Waals surface area contributed by atoms with Crippen LogP contribution in [0.25, 0.3) is 27.5 Å². The molecule has 0 radical (unpaired) electrons. The molecule has 1 aliphatic carbocycles. The Bertz CT molecular complexity index is 2970. The summed E-state index contributed by atoms with van der Waals surface area (Å²) in [7, 11) is 0. The van der Waals surface area contributed by atoms with E-state index in [1.165, 1.54) is 19.6 Å². The van der Waals surface area contributed by atoms with E-state index in [0.29, 0.717) is 0 Å². The number of aromatic nitrogens is 1. The molecular weight excluding hydrogens is 747 g/mol. The van der Waals surface area contributed by atoms with Crippen LogP contribution < -0.4 is 9.80 Å². The monoisotopic (exact) mass is 781 g/mol. The van der Waals surface area contributed by atoms with Crippen molar-refractivity contribution >= 4 is 85.2 Å². The first-order valence-corrected chi connectivity index (χ1v) is 21.3. The molecule has 0 atom stereocenters. The fraction of sp³-hybridized carbons (Fsp3) is 0.0577. The molecule has 0 saturated carbocycles. The summed E-state index contributed by atoms with van der Waals surface area (Å²) in [6.45, 7) is 4.46. The van der Waals surface area contributed by atoms with Crippen molar-refractivity contribution in [1.82, 2.24) is 4.57 Å². The molecular formula is C52H35N3OS2. The van der Waals surface area contributed by atoms with E-state index in [0.717, 1.165) is 83.9 Å². The van der Waals surface area contributed by atoms with Crippen molar-refractivity contribution in [3.05, 3.63) is 198 Å². The number of nitrogens with zero attached hydrogens (tertiary/aromatic N) is 3. The summed E-state index contributed by atoms with van der Waals surface area (Å²) in [6.07, 6.45) is 0. The minimum absolute atomic E-state index is 0.0759. The van der Waals surface area contributed by atoms with Gasteiger partial charge in [-0.2, -0.15) is 0 Å². The third-order valence-electron chi connectivity index (χ3n) is 12.1. The van der Waals surface area contributed by atoms with E-state index in [4.69, 9.17) is 0 Å². The lowest BCUT2D eigenvalue weighted by molar-refractivity contribution is 0.103. The van der Waals surface area contributed by atoms with Gasteiger partial charge in [0.05, 0.1) is 33.8 Å². The Balaban J connectivity index is 1.13. The molecule has 3 aliphatic rings. The maximum absolute atomic E-state index is 14.4. The smallest absolute Gasteiger partial charge is 0.193 e. The summed E-state index contributed by atoms with van der Waals surface area (Å²) in [4.78, 5) is 24.1. The van der Waals surface area contributed by atoms with Crippen LogP contribution in [0, 0.1) is 0 Å². The van der Waals surface area contributed by atoms with Gasteiger partial charge >= 0.3 is 0 Å². The summed E-state index contributed by atoms with van der Waals surface area (Å²) in [5.74, 6) is 0.0759. The van der Waals surface area contributed by atoms with Gasteiger partial charge in [0.25, 0.3) is 0 Å². The summed E-state index contributed by atoms with van der Waals surface area (Å²) in [5, 5.41) is 2.31. The van der Waals surface area contributed by atoms with Crippen LogP contribution in [-0.2, 0) is 5.41 Å². The molecule has 8 aromatic carbocycles. The van der Waals surface area contributed by atoms with Crippen LogP contribution in [0.15, 0.2) is 196 Å². The second-order valence-corrected chi connectivity index (χ2v) is 17.9. The van der Waals surface area contributed by atoms with Crippen LogP contribution in [0.3, 0.4) is 0 Å². The Morgan fingerprint density at radius 2 is 0.828 bits per heavy atom. The number of carbonyl (C=O) groups excluding carboxylic acids is 1. The van der Waals surface area contributed by atoms with E-state index < -0.39 is 0 Å². The maximum atomic E-state index is 14.4. The largest absolute Gasteiger partial charge is 0.309 e. The zero-order valence-corrected chi connectivity index (χ0v) is 33.4. The molecule has 0 saturated heterocycles. The molecule has 0 unspecified atom stereocenters. The number of rotatable bonds is 3. The van der Waals surface area contributed by atoms with Gasteiger partial charge in [0.1, 0.15) is 0 Å². The van der Waals surface area contributed by atoms with Gasteiger partial charge < -0.3 is 14.4 Å². The highest BCUT2D eigenvalue weighted by molar-refractivity contribution is 8.00. The fourth-order valence-corrected chi connectivity index (χ4v) is 11.6. The topological polar surface area (TPSA) is 28.5 Å². The molecule has 0 N–H and O–H groups in total. The van der Waals surface area contributed by atoms with Crippen LogP contribution in [0.1, 0.15) is 40.9 Å². The molecule has 2 aliphatic heterocycles. The Hall–Kier alpha value is -6.47. The Morgan fingerprint density at radius 3 is 1.33 bits per heavy atom. The highest BCUT2D eigenvalue weighted by Crippen LogP contribution is 2.54. The third kappa shape index (κ3) is 4.82. The van der Waals surface area contributed by atoms with Gasteiger partial charge in [-0.1, -0.05) is 128 Å². The van der Waals surface area contributed by atoms with Gasteiger partial charge in [-0.05, 0) is 96.1 Å². The van der Waals surface area contributed by atoms with Gasteiger partial charge in [-0.15, -0.1) is 0 Å². The molecule has 12 rings (SSSR count). The molecule has 0 fully saturated rings. The van der Waals surface area contributed by atoms with Crippen LogP contribution in [0.2, 0.25) is 0 Å². The van der Waals surface area contributed by atoms with Crippen molar-refractivity contribution in [2.45, 2.75) is 38.8 Å². The number of anilines is 6. The van der Waals surface area contributed by atoms with Crippen molar-refractivity contribution in [2.24, 2.45) is 0 Å². The lowest BCUT2D eigenvalue weighted by Crippen LogP contribution is -2.30. The van der Waals surface area contributed by atoms with E-state index in [2.05, 4.69) is 186 Å². The predicted octanol–water partition coefficient (Wildman–Crippen LogP) is 14.5. The Labute approximate surface area is 345 Å². The minimum atomic E-state index is -0.320. The summed E-state index contributed by atoms with van der Waals surface area (Å²) in [5.41, 5.74) is 13.3. The number of hydrogen-bond acceptors (Lipinski definition) is 5.